The molecule has 3 rings (SSSR count). The van der Waals surface area contributed by atoms with E-state index in [-0.39, 0.29) is 12.4 Å². The van der Waals surface area contributed by atoms with Gasteiger partial charge in [-0.15, -0.1) is 11.3 Å². The van der Waals surface area contributed by atoms with E-state index in [1.807, 2.05) is 11.3 Å². The first-order valence-electron chi connectivity index (χ1n) is 8.52. The monoisotopic (exact) mass is 375 g/mol. The van der Waals surface area contributed by atoms with E-state index in [0.29, 0.717) is 0 Å². The number of hydrogen-bond donors (Lipinski definition) is 0. The summed E-state index contributed by atoms with van der Waals surface area (Å²) in [6.45, 7) is 4.42. The minimum absolute atomic E-state index is 0. The Morgan fingerprint density at radius 1 is 1.00 bits per heavy atom. The number of nitrogens with zero attached hydrogens (tertiary/aromatic N) is 3. The largest absolute Gasteiger partial charge is 1.00 e. The molecule has 1 aromatic carbocycles. The maximum absolute atomic E-state index is 5.09. The second-order valence-corrected chi connectivity index (χ2v) is 7.70. The van der Waals surface area contributed by atoms with Crippen molar-refractivity contribution in [3.8, 4) is 10.6 Å². The van der Waals surface area contributed by atoms with Crippen LogP contribution in [0.4, 0.5) is 5.69 Å². The predicted octanol–water partition coefficient (Wildman–Crippen LogP) is 0.628. The molecule has 5 heteroatoms. The molecule has 0 aromatic heterocycles. The minimum atomic E-state index is 0. The number of hydrogen-bond acceptors (Lipinski definition) is 3. The third-order valence-electron chi connectivity index (χ3n) is 4.52. The standard InChI is InChI=1S/C20H26N3S.ClH/c1-7-13-9-15(22(3)4)11-17-19(13)21-20-14(8-2)10-16(23(5)6)12-18(20)24-17;/h9-12H,7-8H2,1-6H3;1H/q+1;/p-1. The Balaban J connectivity index is 0.00000225. The Labute approximate surface area is 160 Å². The highest BCUT2D eigenvalue weighted by atomic mass is 35.5. The Hall–Kier alpha value is -1.65. The van der Waals surface area contributed by atoms with Crippen LogP contribution in [-0.4, -0.2) is 33.2 Å². The van der Waals surface area contributed by atoms with E-state index >= 15 is 0 Å². The summed E-state index contributed by atoms with van der Waals surface area (Å²) in [5.41, 5.74) is 6.22. The number of rotatable bonds is 3. The maximum Gasteiger partial charge on any atom is 0.201 e. The lowest BCUT2D eigenvalue weighted by atomic mass is 10.1. The lowest BCUT2D eigenvalue weighted by molar-refractivity contribution is -0.00000505. The smallest absolute Gasteiger partial charge is 0.201 e. The average molecular weight is 376 g/mol. The van der Waals surface area contributed by atoms with Crippen LogP contribution in [0, 0.1) is 0 Å². The molecule has 0 fully saturated rings. The molecule has 0 spiro atoms. The second kappa shape index (κ2) is 7.71. The molecule has 0 amide bonds. The molecule has 2 aliphatic rings. The van der Waals surface area contributed by atoms with E-state index < -0.39 is 0 Å². The van der Waals surface area contributed by atoms with Gasteiger partial charge in [0.15, 0.2) is 0 Å². The zero-order chi connectivity index (χ0) is 17.4. The predicted molar refractivity (Wildman–Crippen MR) is 106 cm³/mol. The fraction of sp³-hybridized carbons (Fsp3) is 0.400. The van der Waals surface area contributed by atoms with Crippen LogP contribution in [0.2, 0.25) is 0 Å². The average Bonchev–Trinajstić information content (AvgIpc) is 2.57. The summed E-state index contributed by atoms with van der Waals surface area (Å²) in [6, 6.07) is 9.07. The van der Waals surface area contributed by atoms with Gasteiger partial charge in [0.2, 0.25) is 5.36 Å². The van der Waals surface area contributed by atoms with Crippen LogP contribution >= 0.6 is 11.3 Å². The third-order valence-corrected chi connectivity index (χ3v) is 5.58. The first kappa shape index (κ1) is 19.7. The Bertz CT molecular complexity index is 940. The van der Waals surface area contributed by atoms with E-state index in [1.165, 1.54) is 31.7 Å². The molecule has 0 saturated heterocycles. The van der Waals surface area contributed by atoms with E-state index in [9.17, 15) is 0 Å². The van der Waals surface area contributed by atoms with Crippen LogP contribution in [0.3, 0.4) is 0 Å². The van der Waals surface area contributed by atoms with Crippen LogP contribution in [0.5, 0.6) is 0 Å². The van der Waals surface area contributed by atoms with Crippen LogP contribution < -0.4 is 27.2 Å². The quantitative estimate of drug-likeness (QED) is 0.494. The maximum atomic E-state index is 5.09. The highest BCUT2D eigenvalue weighted by molar-refractivity contribution is 7.21. The normalized spacial score (nSPS) is 10.8. The first-order valence-corrected chi connectivity index (χ1v) is 9.34. The molecule has 134 valence electrons. The van der Waals surface area contributed by atoms with Crippen LogP contribution in [0.15, 0.2) is 24.3 Å². The molecule has 1 aliphatic heterocycles. The van der Waals surface area contributed by atoms with Crippen molar-refractivity contribution in [3.63, 3.8) is 0 Å². The summed E-state index contributed by atoms with van der Waals surface area (Å²) in [7, 11) is 8.39. The van der Waals surface area contributed by atoms with Gasteiger partial charge in [-0.1, -0.05) is 13.8 Å². The highest BCUT2D eigenvalue weighted by Gasteiger charge is 2.16. The van der Waals surface area contributed by atoms with Gasteiger partial charge >= 0.3 is 0 Å². The molecular weight excluding hydrogens is 350 g/mol. The number of aromatic nitrogens is 1. The molecule has 1 aliphatic carbocycles. The summed E-state index contributed by atoms with van der Waals surface area (Å²) < 4.78 is 3.44. The topological polar surface area (TPSA) is 19.1 Å². The molecule has 0 N–H and O–H groups in total. The molecule has 3 nitrogen and oxygen atoms in total. The van der Waals surface area contributed by atoms with Crippen molar-refractivity contribution in [1.82, 2.24) is 9.56 Å². The molecule has 0 saturated carbocycles. The van der Waals surface area contributed by atoms with Crippen molar-refractivity contribution in [1.29, 1.82) is 0 Å². The van der Waals surface area contributed by atoms with Gasteiger partial charge in [-0.2, -0.15) is 0 Å². The molecule has 1 aromatic rings. The Morgan fingerprint density at radius 2 is 1.68 bits per heavy atom. The lowest BCUT2D eigenvalue weighted by Gasteiger charge is -2.17. The zero-order valence-corrected chi connectivity index (χ0v) is 17.4. The van der Waals surface area contributed by atoms with Crippen molar-refractivity contribution in [3.05, 3.63) is 40.7 Å². The minimum Gasteiger partial charge on any atom is -1.00 e. The van der Waals surface area contributed by atoms with Crippen molar-refractivity contribution in [2.75, 3.05) is 33.1 Å². The van der Waals surface area contributed by atoms with Gasteiger partial charge in [0.05, 0.1) is 20.8 Å². The van der Waals surface area contributed by atoms with Crippen molar-refractivity contribution in [2.24, 2.45) is 0 Å². The molecule has 0 bridgehead atoms. The third kappa shape index (κ3) is 3.65. The van der Waals surface area contributed by atoms with Crippen LogP contribution in [-0.2, 0) is 12.8 Å². The summed E-state index contributed by atoms with van der Waals surface area (Å²) in [5.74, 6) is 0. The SMILES string of the molecule is CCc1cc(=[N+](C)C)cc2sc3cc(N(C)C)cc(CC)c3nc1-2.[Cl-]. The van der Waals surface area contributed by atoms with Crippen molar-refractivity contribution >= 4 is 27.2 Å². The van der Waals surface area contributed by atoms with E-state index in [0.717, 1.165) is 24.1 Å². The number of benzene rings is 2. The van der Waals surface area contributed by atoms with Crippen molar-refractivity contribution in [2.45, 2.75) is 26.7 Å². The number of aryl methyl sites for hydroxylation is 2. The molecule has 25 heavy (non-hydrogen) atoms. The van der Waals surface area contributed by atoms with Gasteiger partial charge in [-0.05, 0) is 36.1 Å². The first-order chi connectivity index (χ1) is 11.4. The fourth-order valence-corrected chi connectivity index (χ4v) is 4.14. The van der Waals surface area contributed by atoms with Gasteiger partial charge in [0.25, 0.3) is 0 Å². The molecule has 0 radical (unpaired) electrons. The lowest BCUT2D eigenvalue weighted by Crippen LogP contribution is -3.00. The van der Waals surface area contributed by atoms with Gasteiger partial charge in [-0.25, -0.2) is 9.56 Å². The second-order valence-electron chi connectivity index (χ2n) is 6.61. The Kier molecular flexibility index (Phi) is 6.07. The molecule has 1 heterocycles. The van der Waals surface area contributed by atoms with E-state index in [4.69, 9.17) is 4.98 Å². The van der Waals surface area contributed by atoms with E-state index in [1.54, 1.807) is 0 Å². The molecular formula is C20H26ClN3S. The highest BCUT2D eigenvalue weighted by Crippen LogP contribution is 2.35. The molecule has 0 unspecified atom stereocenters. The summed E-state index contributed by atoms with van der Waals surface area (Å²) >= 11 is 1.86. The molecule has 0 atom stereocenters. The van der Waals surface area contributed by atoms with E-state index in [2.05, 4.69) is 75.8 Å². The number of fused-ring (bicyclic) bond motifs is 2. The summed E-state index contributed by atoms with van der Waals surface area (Å²) in [4.78, 5) is 8.53. The number of anilines is 1. The number of halogens is 1. The van der Waals surface area contributed by atoms with Crippen molar-refractivity contribution < 1.29 is 12.4 Å². The zero-order valence-electron chi connectivity index (χ0n) is 15.9. The summed E-state index contributed by atoms with van der Waals surface area (Å²) in [5, 5.41) is 1.25. The van der Waals surface area contributed by atoms with Gasteiger partial charge in [-0.3, -0.25) is 0 Å². The van der Waals surface area contributed by atoms with Crippen LogP contribution in [0.1, 0.15) is 25.0 Å². The fourth-order valence-electron chi connectivity index (χ4n) is 2.99. The van der Waals surface area contributed by atoms with Crippen LogP contribution in [0.25, 0.3) is 20.8 Å². The Morgan fingerprint density at radius 3 is 2.24 bits per heavy atom. The van der Waals surface area contributed by atoms with Gasteiger partial charge in [0, 0.05) is 31.9 Å². The van der Waals surface area contributed by atoms with Gasteiger partial charge < -0.3 is 17.3 Å². The van der Waals surface area contributed by atoms with Gasteiger partial charge in [0.1, 0.15) is 14.1 Å². The summed E-state index contributed by atoms with van der Waals surface area (Å²) in [6.07, 6.45) is 2.00.